The van der Waals surface area contributed by atoms with E-state index < -0.39 is 0 Å². The van der Waals surface area contributed by atoms with Gasteiger partial charge in [0.25, 0.3) is 5.91 Å². The number of para-hydroxylation sites is 1. The number of carbonyl (C=O) groups excluding carboxylic acids is 1. The van der Waals surface area contributed by atoms with Crippen LogP contribution < -0.4 is 5.43 Å². The molecule has 1 amide bonds. The molecule has 4 rings (SSSR count). The summed E-state index contributed by atoms with van der Waals surface area (Å²) in [6, 6.07) is 15.8. The number of nitrogens with zero attached hydrogens (tertiary/aromatic N) is 4. The molecule has 0 radical (unpaired) electrons. The van der Waals surface area contributed by atoms with Crippen LogP contribution in [0.3, 0.4) is 0 Å². The number of nitrogens with one attached hydrogen (secondary N) is 1. The number of carbonyl (C=O) groups is 1. The summed E-state index contributed by atoms with van der Waals surface area (Å²) in [5.41, 5.74) is 10.9. The topological polar surface area (TPSA) is 72.2 Å². The van der Waals surface area contributed by atoms with Crippen molar-refractivity contribution in [1.29, 1.82) is 0 Å². The van der Waals surface area contributed by atoms with Crippen LogP contribution in [-0.4, -0.2) is 26.9 Å². The van der Waals surface area contributed by atoms with Gasteiger partial charge in [-0.2, -0.15) is 10.2 Å². The zero-order valence-corrected chi connectivity index (χ0v) is 19.1. The van der Waals surface area contributed by atoms with E-state index in [-0.39, 0.29) is 5.91 Å². The minimum atomic E-state index is -0.274. The first-order valence-corrected chi connectivity index (χ1v) is 10.7. The molecule has 162 valence electrons. The fourth-order valence-corrected chi connectivity index (χ4v) is 4.02. The Labute approximate surface area is 188 Å². The van der Waals surface area contributed by atoms with Gasteiger partial charge in [-0.3, -0.25) is 9.48 Å². The van der Waals surface area contributed by atoms with Gasteiger partial charge in [-0.1, -0.05) is 42.0 Å². The average molecular weight is 426 g/mol. The van der Waals surface area contributed by atoms with Crippen molar-refractivity contribution in [1.82, 2.24) is 20.2 Å². The molecule has 1 N–H and O–H groups in total. The Morgan fingerprint density at radius 2 is 1.88 bits per heavy atom. The van der Waals surface area contributed by atoms with E-state index in [4.69, 9.17) is 4.98 Å². The van der Waals surface area contributed by atoms with Crippen molar-refractivity contribution in [2.75, 3.05) is 0 Å². The lowest BCUT2D eigenvalue weighted by Crippen LogP contribution is -2.18. The van der Waals surface area contributed by atoms with E-state index >= 15 is 0 Å². The summed E-state index contributed by atoms with van der Waals surface area (Å²) in [5, 5.41) is 9.51. The van der Waals surface area contributed by atoms with Crippen LogP contribution in [0.15, 0.2) is 53.6 Å². The number of aromatic nitrogens is 3. The summed E-state index contributed by atoms with van der Waals surface area (Å²) < 4.78 is 1.92. The molecule has 0 atom stereocenters. The predicted octanol–water partition coefficient (Wildman–Crippen LogP) is 5.12. The highest BCUT2D eigenvalue weighted by molar-refractivity contribution is 6.07. The van der Waals surface area contributed by atoms with E-state index in [0.717, 1.165) is 51.2 Å². The maximum Gasteiger partial charge on any atom is 0.272 e. The van der Waals surface area contributed by atoms with E-state index in [9.17, 15) is 4.79 Å². The minimum absolute atomic E-state index is 0.274. The van der Waals surface area contributed by atoms with Crippen LogP contribution in [0.25, 0.3) is 22.2 Å². The Morgan fingerprint density at radius 3 is 2.59 bits per heavy atom. The van der Waals surface area contributed by atoms with Crippen molar-refractivity contribution in [3.63, 3.8) is 0 Å². The van der Waals surface area contributed by atoms with Gasteiger partial charge in [0.05, 0.1) is 28.7 Å². The molecule has 0 saturated heterocycles. The van der Waals surface area contributed by atoms with E-state index in [1.165, 1.54) is 5.56 Å². The standard InChI is InChI=1S/C26H27N5O/c1-6-31-19(5)23(18(4)30-31)15-27-29-26(32)22-14-25(20-12-11-16(2)13-17(20)3)28-24-10-8-7-9-21(22)24/h7-15H,6H2,1-5H3,(H,29,32)/b27-15-. The predicted molar refractivity (Wildman–Crippen MR) is 129 cm³/mol. The van der Waals surface area contributed by atoms with Crippen LogP contribution in [0, 0.1) is 27.7 Å². The zero-order valence-electron chi connectivity index (χ0n) is 19.1. The molecule has 0 aliphatic heterocycles. The maximum atomic E-state index is 13.1. The summed E-state index contributed by atoms with van der Waals surface area (Å²) in [5.74, 6) is -0.274. The first-order valence-electron chi connectivity index (χ1n) is 10.7. The number of benzene rings is 2. The third kappa shape index (κ3) is 4.04. The van der Waals surface area contributed by atoms with Crippen LogP contribution in [0.5, 0.6) is 0 Å². The van der Waals surface area contributed by atoms with Crippen molar-refractivity contribution < 1.29 is 4.79 Å². The van der Waals surface area contributed by atoms with Crippen LogP contribution in [0.4, 0.5) is 0 Å². The normalized spacial score (nSPS) is 11.4. The molecule has 2 aromatic heterocycles. The number of hydrazone groups is 1. The SMILES string of the molecule is CCn1nc(C)c(/C=N\NC(=O)c2cc(-c3ccc(C)cc3C)nc3ccccc23)c1C. The first kappa shape index (κ1) is 21.4. The first-order chi connectivity index (χ1) is 15.4. The van der Waals surface area contributed by atoms with Gasteiger partial charge in [0, 0.05) is 28.8 Å². The molecule has 0 spiro atoms. The van der Waals surface area contributed by atoms with Gasteiger partial charge in [-0.15, -0.1) is 0 Å². The molecule has 0 fully saturated rings. The van der Waals surface area contributed by atoms with Crippen molar-refractivity contribution in [3.8, 4) is 11.3 Å². The molecule has 0 saturated carbocycles. The summed E-state index contributed by atoms with van der Waals surface area (Å²) in [7, 11) is 0. The second-order valence-corrected chi connectivity index (χ2v) is 7.99. The van der Waals surface area contributed by atoms with Gasteiger partial charge in [0.1, 0.15) is 0 Å². The molecule has 4 aromatic rings. The molecule has 32 heavy (non-hydrogen) atoms. The van der Waals surface area contributed by atoms with Crippen molar-refractivity contribution >= 4 is 23.0 Å². The second kappa shape index (κ2) is 8.75. The number of hydrogen-bond donors (Lipinski definition) is 1. The third-order valence-electron chi connectivity index (χ3n) is 5.72. The van der Waals surface area contributed by atoms with Crippen LogP contribution in [0.1, 0.15) is 45.4 Å². The summed E-state index contributed by atoms with van der Waals surface area (Å²) in [6.45, 7) is 10.9. The van der Waals surface area contributed by atoms with E-state index in [2.05, 4.69) is 47.7 Å². The third-order valence-corrected chi connectivity index (χ3v) is 5.72. The number of hydrogen-bond acceptors (Lipinski definition) is 4. The van der Waals surface area contributed by atoms with Gasteiger partial charge in [-0.25, -0.2) is 10.4 Å². The smallest absolute Gasteiger partial charge is 0.269 e. The molecule has 0 aliphatic carbocycles. The largest absolute Gasteiger partial charge is 0.272 e. The lowest BCUT2D eigenvalue weighted by atomic mass is 9.99. The summed E-state index contributed by atoms with van der Waals surface area (Å²) in [4.78, 5) is 17.9. The van der Waals surface area contributed by atoms with Gasteiger partial charge < -0.3 is 0 Å². The molecule has 0 aliphatic rings. The van der Waals surface area contributed by atoms with Crippen molar-refractivity contribution in [3.05, 3.63) is 82.2 Å². The highest BCUT2D eigenvalue weighted by Gasteiger charge is 2.15. The highest BCUT2D eigenvalue weighted by Crippen LogP contribution is 2.27. The molecule has 6 nitrogen and oxygen atoms in total. The molecule has 2 heterocycles. The number of rotatable bonds is 5. The number of fused-ring (bicyclic) bond motifs is 1. The lowest BCUT2D eigenvalue weighted by molar-refractivity contribution is 0.0956. The van der Waals surface area contributed by atoms with E-state index in [1.807, 2.05) is 55.8 Å². The lowest BCUT2D eigenvalue weighted by Gasteiger charge is -2.11. The van der Waals surface area contributed by atoms with Gasteiger partial charge in [0.2, 0.25) is 0 Å². The van der Waals surface area contributed by atoms with Crippen molar-refractivity contribution in [2.45, 2.75) is 41.2 Å². The monoisotopic (exact) mass is 425 g/mol. The van der Waals surface area contributed by atoms with Crippen molar-refractivity contribution in [2.24, 2.45) is 5.10 Å². The summed E-state index contributed by atoms with van der Waals surface area (Å²) in [6.07, 6.45) is 1.66. The van der Waals surface area contributed by atoms with Crippen LogP contribution >= 0.6 is 0 Å². The minimum Gasteiger partial charge on any atom is -0.269 e. The molecule has 0 bridgehead atoms. The van der Waals surface area contributed by atoms with Gasteiger partial charge in [0.15, 0.2) is 0 Å². The maximum absolute atomic E-state index is 13.1. The average Bonchev–Trinajstić information content (AvgIpc) is 3.05. The molecule has 0 unspecified atom stereocenters. The van der Waals surface area contributed by atoms with Gasteiger partial charge >= 0.3 is 0 Å². The van der Waals surface area contributed by atoms with Crippen LogP contribution in [-0.2, 0) is 6.54 Å². The Kier molecular flexibility index (Phi) is 5.86. The number of aryl methyl sites for hydroxylation is 4. The van der Waals surface area contributed by atoms with Crippen LogP contribution in [0.2, 0.25) is 0 Å². The summed E-state index contributed by atoms with van der Waals surface area (Å²) >= 11 is 0. The van der Waals surface area contributed by atoms with E-state index in [0.29, 0.717) is 5.56 Å². The number of pyridine rings is 1. The fraction of sp³-hybridized carbons (Fsp3) is 0.231. The Hall–Kier alpha value is -3.80. The molecule has 2 aromatic carbocycles. The highest BCUT2D eigenvalue weighted by atomic mass is 16.2. The zero-order chi connectivity index (χ0) is 22.8. The molecular formula is C26H27N5O. The second-order valence-electron chi connectivity index (χ2n) is 7.99. The fourth-order valence-electron chi connectivity index (χ4n) is 4.02. The van der Waals surface area contributed by atoms with Gasteiger partial charge in [-0.05, 0) is 52.3 Å². The van der Waals surface area contributed by atoms with E-state index in [1.54, 1.807) is 6.21 Å². The molecular weight excluding hydrogens is 398 g/mol. The Bertz CT molecular complexity index is 1350. The molecule has 6 heteroatoms. The Morgan fingerprint density at radius 1 is 1.09 bits per heavy atom. The number of amides is 1. The Balaban J connectivity index is 1.70. The quantitative estimate of drug-likeness (QED) is 0.356.